The Morgan fingerprint density at radius 1 is 1.11 bits per heavy atom. The summed E-state index contributed by atoms with van der Waals surface area (Å²) < 4.78 is 10.2. The van der Waals surface area contributed by atoms with Crippen LogP contribution >= 0.6 is 0 Å². The third-order valence-electron chi connectivity index (χ3n) is 2.39. The molecule has 1 radical (unpaired) electrons. The Morgan fingerprint density at radius 2 is 2.11 bits per heavy atom. The van der Waals surface area contributed by atoms with E-state index in [1.54, 1.807) is 0 Å². The summed E-state index contributed by atoms with van der Waals surface area (Å²) in [5.74, 6) is 0.358. The minimum atomic E-state index is 0.339. The summed E-state index contributed by atoms with van der Waals surface area (Å²) in [5, 5.41) is 0. The van der Waals surface area contributed by atoms with Crippen molar-refractivity contribution < 1.29 is 8.83 Å². The molecule has 0 unspecified atom stereocenters. The highest BCUT2D eigenvalue weighted by molar-refractivity contribution is 5.83. The molecule has 4 aromatic rings. The highest BCUT2D eigenvalue weighted by Crippen LogP contribution is 2.22. The van der Waals surface area contributed by atoms with Crippen molar-refractivity contribution in [2.24, 2.45) is 0 Å². The maximum Gasteiger partial charge on any atom is 0.286 e. The summed E-state index contributed by atoms with van der Waals surface area (Å²) in [5.41, 5.74) is 2.21. The molecule has 0 aliphatic heterocycles. The summed E-state index contributed by atoms with van der Waals surface area (Å²) in [6.45, 7) is 0. The highest BCUT2D eigenvalue weighted by atomic mass is 16.3. The van der Waals surface area contributed by atoms with E-state index in [0.717, 1.165) is 0 Å². The van der Waals surface area contributed by atoms with Gasteiger partial charge in [-0.25, -0.2) is 19.9 Å². The minimum Gasteiger partial charge on any atom is -0.439 e. The van der Waals surface area contributed by atoms with Gasteiger partial charge in [0, 0.05) is 0 Å². The van der Waals surface area contributed by atoms with E-state index < -0.39 is 0 Å². The van der Waals surface area contributed by atoms with Crippen LogP contribution in [0.4, 0.5) is 0 Å². The lowest BCUT2D eigenvalue weighted by Crippen LogP contribution is -1.93. The second-order valence-electron chi connectivity index (χ2n) is 3.42. The van der Waals surface area contributed by atoms with Crippen molar-refractivity contribution in [1.82, 2.24) is 29.9 Å². The van der Waals surface area contributed by atoms with Crippen molar-refractivity contribution in [1.29, 1.82) is 0 Å². The quantitative estimate of drug-likeness (QED) is 0.484. The van der Waals surface area contributed by atoms with E-state index in [1.807, 2.05) is 0 Å². The van der Waals surface area contributed by atoms with Crippen LogP contribution in [-0.4, -0.2) is 29.9 Å². The highest BCUT2D eigenvalue weighted by Gasteiger charge is 2.14. The van der Waals surface area contributed by atoms with Crippen LogP contribution in [0.1, 0.15) is 0 Å². The van der Waals surface area contributed by atoms with Crippen molar-refractivity contribution in [3.63, 3.8) is 0 Å². The Hall–Kier alpha value is -2.90. The first-order chi connectivity index (χ1) is 8.92. The number of hydrogen-bond acceptors (Lipinski definition) is 8. The first-order valence-corrected chi connectivity index (χ1v) is 4.96. The minimum absolute atomic E-state index is 0.339. The zero-order valence-corrected chi connectivity index (χ0v) is 8.73. The smallest absolute Gasteiger partial charge is 0.286 e. The van der Waals surface area contributed by atoms with Crippen LogP contribution in [0, 0.1) is 6.39 Å². The fourth-order valence-corrected chi connectivity index (χ4v) is 1.59. The molecule has 18 heavy (non-hydrogen) atoms. The van der Waals surface area contributed by atoms with Gasteiger partial charge in [0.1, 0.15) is 11.8 Å². The van der Waals surface area contributed by atoms with Gasteiger partial charge in [0.05, 0.1) is 6.20 Å². The van der Waals surface area contributed by atoms with Gasteiger partial charge >= 0.3 is 0 Å². The lowest BCUT2D eigenvalue weighted by Gasteiger charge is -1.97. The van der Waals surface area contributed by atoms with Gasteiger partial charge in [-0.15, -0.1) is 0 Å². The summed E-state index contributed by atoms with van der Waals surface area (Å²) in [7, 11) is 0. The normalized spacial score (nSPS) is 11.3. The molecule has 85 valence electrons. The van der Waals surface area contributed by atoms with E-state index >= 15 is 0 Å². The monoisotopic (exact) mass is 239 g/mol. The van der Waals surface area contributed by atoms with Crippen molar-refractivity contribution in [2.45, 2.75) is 0 Å². The van der Waals surface area contributed by atoms with E-state index in [1.165, 1.54) is 18.9 Å². The number of hydrogen-bond donors (Lipinski definition) is 0. The Morgan fingerprint density at radius 3 is 3.11 bits per heavy atom. The van der Waals surface area contributed by atoms with Gasteiger partial charge in [0.2, 0.25) is 11.2 Å². The molecule has 0 atom stereocenters. The third-order valence-corrected chi connectivity index (χ3v) is 2.39. The van der Waals surface area contributed by atoms with Crippen molar-refractivity contribution >= 4 is 22.5 Å². The van der Waals surface area contributed by atoms with E-state index in [-0.39, 0.29) is 0 Å². The summed E-state index contributed by atoms with van der Waals surface area (Å²) >= 11 is 0. The summed E-state index contributed by atoms with van der Waals surface area (Å²) in [4.78, 5) is 24.2. The number of rotatable bonds is 1. The Balaban J connectivity index is 2.03. The molecule has 4 heterocycles. The van der Waals surface area contributed by atoms with Crippen LogP contribution in [-0.2, 0) is 0 Å². The molecular formula is C10H3N6O2. The molecule has 0 spiro atoms. The van der Waals surface area contributed by atoms with Crippen molar-refractivity contribution in [2.75, 3.05) is 0 Å². The van der Waals surface area contributed by atoms with Crippen LogP contribution in [0.15, 0.2) is 27.8 Å². The van der Waals surface area contributed by atoms with E-state index in [4.69, 9.17) is 8.83 Å². The first-order valence-electron chi connectivity index (χ1n) is 4.96. The fraction of sp³-hybridized carbons (Fsp3) is 0. The lowest BCUT2D eigenvalue weighted by molar-refractivity contribution is 0.579. The summed E-state index contributed by atoms with van der Waals surface area (Å²) in [6, 6.07) is 0. The van der Waals surface area contributed by atoms with E-state index in [0.29, 0.717) is 34.0 Å². The molecule has 0 saturated heterocycles. The van der Waals surface area contributed by atoms with Gasteiger partial charge in [0.25, 0.3) is 12.1 Å². The Bertz CT molecular complexity index is 851. The van der Waals surface area contributed by atoms with Crippen LogP contribution < -0.4 is 0 Å². The SMILES string of the molecule is [c]1nc2cnc(-c3ncnc4ncoc34)nc2o1. The molecule has 0 aliphatic rings. The molecule has 8 heteroatoms. The van der Waals surface area contributed by atoms with Crippen molar-refractivity contribution in [3.05, 3.63) is 25.3 Å². The predicted molar refractivity (Wildman–Crippen MR) is 57.0 cm³/mol. The average Bonchev–Trinajstić information content (AvgIpc) is 3.05. The maximum atomic E-state index is 5.23. The standard InChI is InChI=1S/C10H3N6O2/c1-5-10(18-3-14-5)16-8(11-1)6-7-9(13-2-12-6)15-4-17-7/h1-2,4H. The summed E-state index contributed by atoms with van der Waals surface area (Å²) in [6.07, 6.45) is 6.55. The number of oxazole rings is 2. The molecule has 0 fully saturated rings. The number of aromatic nitrogens is 6. The van der Waals surface area contributed by atoms with Gasteiger partial charge in [-0.2, -0.15) is 9.97 Å². The molecule has 0 aliphatic carbocycles. The average molecular weight is 239 g/mol. The van der Waals surface area contributed by atoms with Gasteiger partial charge in [0.15, 0.2) is 17.9 Å². The van der Waals surface area contributed by atoms with Crippen LogP contribution in [0.25, 0.3) is 34.0 Å². The molecule has 4 aromatic heterocycles. The molecule has 4 rings (SSSR count). The Kier molecular flexibility index (Phi) is 1.68. The zero-order chi connectivity index (χ0) is 11.9. The predicted octanol–water partition coefficient (Wildman–Crippen LogP) is 1.02. The van der Waals surface area contributed by atoms with Gasteiger partial charge in [-0.1, -0.05) is 0 Å². The van der Waals surface area contributed by atoms with Gasteiger partial charge in [-0.05, 0) is 0 Å². The lowest BCUT2D eigenvalue weighted by atomic mass is 10.3. The molecule has 0 aromatic carbocycles. The first kappa shape index (κ1) is 9.16. The van der Waals surface area contributed by atoms with Gasteiger partial charge < -0.3 is 8.83 Å². The van der Waals surface area contributed by atoms with Crippen LogP contribution in [0.2, 0.25) is 0 Å². The molecule has 0 saturated carbocycles. The second-order valence-corrected chi connectivity index (χ2v) is 3.42. The molecule has 0 bridgehead atoms. The molecule has 0 amide bonds. The van der Waals surface area contributed by atoms with Gasteiger partial charge in [-0.3, -0.25) is 0 Å². The Labute approximate surface area is 98.8 Å². The van der Waals surface area contributed by atoms with Crippen LogP contribution in [0.5, 0.6) is 0 Å². The van der Waals surface area contributed by atoms with E-state index in [9.17, 15) is 0 Å². The third kappa shape index (κ3) is 1.19. The zero-order valence-electron chi connectivity index (χ0n) is 8.73. The number of nitrogens with zero attached hydrogens (tertiary/aromatic N) is 6. The second kappa shape index (κ2) is 3.29. The molecular weight excluding hydrogens is 236 g/mol. The molecule has 0 N–H and O–H groups in total. The number of fused-ring (bicyclic) bond motifs is 2. The molecule has 8 nitrogen and oxygen atoms in total. The fourth-order valence-electron chi connectivity index (χ4n) is 1.59. The van der Waals surface area contributed by atoms with Crippen LogP contribution in [0.3, 0.4) is 0 Å². The van der Waals surface area contributed by atoms with Crippen molar-refractivity contribution in [3.8, 4) is 11.5 Å². The largest absolute Gasteiger partial charge is 0.439 e. The van der Waals surface area contributed by atoms with E-state index in [2.05, 4.69) is 36.3 Å². The maximum absolute atomic E-state index is 5.23. The topological polar surface area (TPSA) is 104 Å².